The van der Waals surface area contributed by atoms with Gasteiger partial charge in [0.15, 0.2) is 6.61 Å². The summed E-state index contributed by atoms with van der Waals surface area (Å²) in [7, 11) is 1.78. The molecule has 5 heteroatoms. The van der Waals surface area contributed by atoms with Crippen molar-refractivity contribution in [2.75, 3.05) is 20.2 Å². The molecule has 0 unspecified atom stereocenters. The van der Waals surface area contributed by atoms with E-state index in [0.29, 0.717) is 12.3 Å². The van der Waals surface area contributed by atoms with E-state index in [1.54, 1.807) is 18.1 Å². The number of hydrogen-bond acceptors (Lipinski definition) is 3. The van der Waals surface area contributed by atoms with Crippen molar-refractivity contribution in [2.24, 2.45) is 0 Å². The maximum atomic E-state index is 12.0. The molecule has 2 rings (SSSR count). The largest absolute Gasteiger partial charge is 0.484 e. The molecule has 2 aromatic rings. The number of likely N-dealkylation sites (N-methyl/N-ethyl adjacent to an activating group) is 1. The van der Waals surface area contributed by atoms with Gasteiger partial charge in [-0.05, 0) is 59.0 Å². The van der Waals surface area contributed by atoms with Gasteiger partial charge in [-0.25, -0.2) is 0 Å². The van der Waals surface area contributed by atoms with Crippen LogP contribution < -0.4 is 4.74 Å². The van der Waals surface area contributed by atoms with E-state index < -0.39 is 0 Å². The van der Waals surface area contributed by atoms with E-state index in [-0.39, 0.29) is 12.5 Å². The number of pyridine rings is 1. The molecule has 0 atom stereocenters. The van der Waals surface area contributed by atoms with Crippen LogP contribution in [0.25, 0.3) is 0 Å². The Morgan fingerprint density at radius 1 is 1.24 bits per heavy atom. The van der Waals surface area contributed by atoms with Crippen LogP contribution in [0.5, 0.6) is 5.75 Å². The number of carbonyl (C=O) groups is 1. The minimum Gasteiger partial charge on any atom is -0.484 e. The lowest BCUT2D eigenvalue weighted by Gasteiger charge is -2.17. The van der Waals surface area contributed by atoms with Gasteiger partial charge in [-0.15, -0.1) is 0 Å². The van der Waals surface area contributed by atoms with E-state index in [4.69, 9.17) is 4.74 Å². The third kappa shape index (κ3) is 5.34. The summed E-state index contributed by atoms with van der Waals surface area (Å²) in [6.07, 6.45) is 2.50. The Labute approximate surface area is 138 Å². The molecule has 0 spiro atoms. The Balaban J connectivity index is 1.76. The van der Waals surface area contributed by atoms with Gasteiger partial charge in [0.1, 0.15) is 5.75 Å². The van der Waals surface area contributed by atoms with Gasteiger partial charge in [0.25, 0.3) is 5.91 Å². The predicted octanol–water partition coefficient (Wildman–Crippen LogP) is 2.77. The average molecular weight is 396 g/mol. The third-order valence-corrected chi connectivity index (χ3v) is 3.75. The zero-order valence-corrected chi connectivity index (χ0v) is 14.0. The van der Waals surface area contributed by atoms with Crippen LogP contribution in [0.2, 0.25) is 0 Å². The number of amides is 1. The standard InChI is InChI=1S/C16H17IN2O2/c1-19(11-9-14-4-2-3-10-18-14)16(20)12-21-15-7-5-13(17)6-8-15/h2-8,10H,9,11-12H2,1H3. The number of nitrogens with zero attached hydrogens (tertiary/aromatic N) is 2. The third-order valence-electron chi connectivity index (χ3n) is 3.03. The van der Waals surface area contributed by atoms with Crippen LogP contribution in [-0.2, 0) is 11.2 Å². The lowest BCUT2D eigenvalue weighted by Crippen LogP contribution is -2.33. The highest BCUT2D eigenvalue weighted by Crippen LogP contribution is 2.13. The van der Waals surface area contributed by atoms with Gasteiger partial charge in [-0.2, -0.15) is 0 Å². The summed E-state index contributed by atoms with van der Waals surface area (Å²) in [6, 6.07) is 13.4. The van der Waals surface area contributed by atoms with Crippen molar-refractivity contribution < 1.29 is 9.53 Å². The van der Waals surface area contributed by atoms with Crippen molar-refractivity contribution in [1.29, 1.82) is 0 Å². The van der Waals surface area contributed by atoms with Gasteiger partial charge in [0, 0.05) is 35.5 Å². The fourth-order valence-electron chi connectivity index (χ4n) is 1.74. The number of hydrogen-bond donors (Lipinski definition) is 0. The first kappa shape index (κ1) is 15.8. The molecule has 0 saturated carbocycles. The Morgan fingerprint density at radius 2 is 2.00 bits per heavy atom. The minimum absolute atomic E-state index is 0.0375. The lowest BCUT2D eigenvalue weighted by molar-refractivity contribution is -0.132. The first-order valence-electron chi connectivity index (χ1n) is 6.67. The molecule has 0 aliphatic carbocycles. The monoisotopic (exact) mass is 396 g/mol. The van der Waals surface area contributed by atoms with Crippen molar-refractivity contribution in [3.05, 3.63) is 57.9 Å². The van der Waals surface area contributed by atoms with Gasteiger partial charge < -0.3 is 9.64 Å². The smallest absolute Gasteiger partial charge is 0.260 e. The Kier molecular flexibility index (Phi) is 5.98. The molecule has 1 aromatic carbocycles. The fourth-order valence-corrected chi connectivity index (χ4v) is 2.10. The van der Waals surface area contributed by atoms with E-state index in [1.807, 2.05) is 42.5 Å². The number of carbonyl (C=O) groups excluding carboxylic acids is 1. The number of rotatable bonds is 6. The first-order chi connectivity index (χ1) is 10.1. The second-order valence-electron chi connectivity index (χ2n) is 4.63. The van der Waals surface area contributed by atoms with Crippen LogP contribution in [-0.4, -0.2) is 36.0 Å². The second kappa shape index (κ2) is 7.97. The van der Waals surface area contributed by atoms with Crippen LogP contribution in [0, 0.1) is 3.57 Å². The Morgan fingerprint density at radius 3 is 2.67 bits per heavy atom. The van der Waals surface area contributed by atoms with E-state index in [2.05, 4.69) is 27.6 Å². The second-order valence-corrected chi connectivity index (χ2v) is 5.87. The zero-order valence-electron chi connectivity index (χ0n) is 11.8. The molecular weight excluding hydrogens is 379 g/mol. The van der Waals surface area contributed by atoms with Gasteiger partial charge >= 0.3 is 0 Å². The quantitative estimate of drug-likeness (QED) is 0.706. The van der Waals surface area contributed by atoms with Crippen LogP contribution >= 0.6 is 22.6 Å². The molecular formula is C16H17IN2O2. The maximum Gasteiger partial charge on any atom is 0.260 e. The highest BCUT2D eigenvalue weighted by molar-refractivity contribution is 14.1. The van der Waals surface area contributed by atoms with E-state index in [9.17, 15) is 4.79 Å². The summed E-state index contributed by atoms with van der Waals surface area (Å²) in [5, 5.41) is 0. The molecule has 0 bridgehead atoms. The fraction of sp³-hybridized carbons (Fsp3) is 0.250. The van der Waals surface area contributed by atoms with Crippen molar-refractivity contribution in [1.82, 2.24) is 9.88 Å². The molecule has 110 valence electrons. The minimum atomic E-state index is -0.0375. The van der Waals surface area contributed by atoms with Gasteiger partial charge in [-0.3, -0.25) is 9.78 Å². The van der Waals surface area contributed by atoms with Crippen LogP contribution in [0.3, 0.4) is 0 Å². The molecule has 0 N–H and O–H groups in total. The molecule has 0 aliphatic rings. The number of halogens is 1. The SMILES string of the molecule is CN(CCc1ccccn1)C(=O)COc1ccc(I)cc1. The topological polar surface area (TPSA) is 42.4 Å². The number of aromatic nitrogens is 1. The van der Waals surface area contributed by atoms with Gasteiger partial charge in [0.2, 0.25) is 0 Å². The van der Waals surface area contributed by atoms with Crippen LogP contribution in [0.1, 0.15) is 5.69 Å². The molecule has 21 heavy (non-hydrogen) atoms. The molecule has 1 heterocycles. The Bertz CT molecular complexity index is 573. The number of benzene rings is 1. The summed E-state index contributed by atoms with van der Waals surface area (Å²) < 4.78 is 6.62. The Hall–Kier alpha value is -1.63. The summed E-state index contributed by atoms with van der Waals surface area (Å²) in [5.74, 6) is 0.673. The van der Waals surface area contributed by atoms with Gasteiger partial charge in [0.05, 0.1) is 0 Å². The zero-order chi connectivity index (χ0) is 15.1. The van der Waals surface area contributed by atoms with E-state index in [0.717, 1.165) is 15.7 Å². The van der Waals surface area contributed by atoms with Crippen LogP contribution in [0.4, 0.5) is 0 Å². The average Bonchev–Trinajstić information content (AvgIpc) is 2.52. The highest BCUT2D eigenvalue weighted by Gasteiger charge is 2.09. The van der Waals surface area contributed by atoms with Crippen molar-refractivity contribution in [3.63, 3.8) is 0 Å². The van der Waals surface area contributed by atoms with Gasteiger partial charge in [-0.1, -0.05) is 6.07 Å². The summed E-state index contributed by atoms with van der Waals surface area (Å²) >= 11 is 2.23. The molecule has 0 radical (unpaired) electrons. The highest BCUT2D eigenvalue weighted by atomic mass is 127. The molecule has 0 aliphatic heterocycles. The normalized spacial score (nSPS) is 10.2. The summed E-state index contributed by atoms with van der Waals surface area (Å²) in [6.45, 7) is 0.686. The van der Waals surface area contributed by atoms with Crippen LogP contribution in [0.15, 0.2) is 48.7 Å². The maximum absolute atomic E-state index is 12.0. The van der Waals surface area contributed by atoms with E-state index >= 15 is 0 Å². The first-order valence-corrected chi connectivity index (χ1v) is 7.75. The molecule has 0 saturated heterocycles. The number of ether oxygens (including phenoxy) is 1. The lowest BCUT2D eigenvalue weighted by atomic mass is 10.2. The predicted molar refractivity (Wildman–Crippen MR) is 90.2 cm³/mol. The molecule has 1 aromatic heterocycles. The molecule has 4 nitrogen and oxygen atoms in total. The summed E-state index contributed by atoms with van der Waals surface area (Å²) in [5.41, 5.74) is 0.982. The summed E-state index contributed by atoms with van der Waals surface area (Å²) in [4.78, 5) is 17.9. The van der Waals surface area contributed by atoms with Crippen molar-refractivity contribution in [3.8, 4) is 5.75 Å². The van der Waals surface area contributed by atoms with Crippen molar-refractivity contribution >= 4 is 28.5 Å². The van der Waals surface area contributed by atoms with Crippen molar-refractivity contribution in [2.45, 2.75) is 6.42 Å². The van der Waals surface area contributed by atoms with E-state index in [1.165, 1.54) is 0 Å². The molecule has 1 amide bonds. The molecule has 0 fully saturated rings.